The molecule has 1 aliphatic heterocycles. The molecule has 1 N–H and O–H groups in total. The highest BCUT2D eigenvalue weighted by Crippen LogP contribution is 2.24. The van der Waals surface area contributed by atoms with E-state index in [1.165, 1.54) is 34.9 Å². The molecule has 4 aromatic rings. The average molecular weight is 471 g/mol. The molecule has 0 unspecified atom stereocenters. The van der Waals surface area contributed by atoms with Crippen LogP contribution >= 0.6 is 24.8 Å². The minimum Gasteiger partial charge on any atom is -0.464 e. The third kappa shape index (κ3) is 5.05. The van der Waals surface area contributed by atoms with E-state index in [2.05, 4.69) is 45.2 Å². The smallest absolute Gasteiger partial charge is 0.133 e. The van der Waals surface area contributed by atoms with Gasteiger partial charge in [-0.1, -0.05) is 0 Å². The highest BCUT2D eigenvalue weighted by molar-refractivity contribution is 5.86. The number of nitriles is 1. The van der Waals surface area contributed by atoms with Gasteiger partial charge in [0.05, 0.1) is 17.9 Å². The number of furan rings is 1. The number of H-pyrrole nitrogens is 1. The molecule has 32 heavy (non-hydrogen) atoms. The van der Waals surface area contributed by atoms with Gasteiger partial charge in [-0.15, -0.1) is 24.8 Å². The zero-order valence-electron chi connectivity index (χ0n) is 17.9. The zero-order chi connectivity index (χ0) is 20.3. The lowest BCUT2D eigenvalue weighted by atomic mass is 10.1. The second kappa shape index (κ2) is 10.8. The summed E-state index contributed by atoms with van der Waals surface area (Å²) in [6.07, 6.45) is 7.28. The third-order valence-corrected chi connectivity index (χ3v) is 6.24. The Morgan fingerprint density at radius 2 is 1.81 bits per heavy atom. The van der Waals surface area contributed by atoms with Gasteiger partial charge < -0.3 is 14.3 Å². The van der Waals surface area contributed by atoms with E-state index in [1.54, 1.807) is 6.26 Å². The fourth-order valence-corrected chi connectivity index (χ4v) is 4.49. The summed E-state index contributed by atoms with van der Waals surface area (Å²) in [5, 5.41) is 11.5. The van der Waals surface area contributed by atoms with Crippen LogP contribution in [0.2, 0.25) is 0 Å². The van der Waals surface area contributed by atoms with Crippen LogP contribution in [0, 0.1) is 11.3 Å². The number of hydrogen-bond donors (Lipinski definition) is 1. The summed E-state index contributed by atoms with van der Waals surface area (Å²) < 4.78 is 5.45. The number of halogens is 2. The van der Waals surface area contributed by atoms with Crippen molar-refractivity contribution in [2.24, 2.45) is 0 Å². The van der Waals surface area contributed by atoms with Gasteiger partial charge in [-0.25, -0.2) is 0 Å². The Bertz CT molecular complexity index is 1200. The fraction of sp³-hybridized carbons (Fsp3) is 0.320. The summed E-state index contributed by atoms with van der Waals surface area (Å²) in [7, 11) is 0. The van der Waals surface area contributed by atoms with Crippen molar-refractivity contribution in [2.75, 3.05) is 37.6 Å². The number of aromatic nitrogens is 1. The number of hydrogen-bond acceptors (Lipinski definition) is 4. The van der Waals surface area contributed by atoms with Crippen molar-refractivity contribution in [3.8, 4) is 6.07 Å². The van der Waals surface area contributed by atoms with E-state index in [-0.39, 0.29) is 24.8 Å². The van der Waals surface area contributed by atoms with Gasteiger partial charge in [0.15, 0.2) is 0 Å². The van der Waals surface area contributed by atoms with Gasteiger partial charge in [0.25, 0.3) is 0 Å². The first kappa shape index (κ1) is 24.0. The van der Waals surface area contributed by atoms with Gasteiger partial charge in [0.1, 0.15) is 5.58 Å². The zero-order valence-corrected chi connectivity index (χ0v) is 19.6. The number of nitrogens with one attached hydrogen (secondary N) is 1. The number of rotatable bonds is 6. The molecule has 5 nitrogen and oxygen atoms in total. The van der Waals surface area contributed by atoms with Crippen LogP contribution in [0.15, 0.2) is 59.3 Å². The Morgan fingerprint density at radius 1 is 0.969 bits per heavy atom. The molecule has 1 fully saturated rings. The minimum absolute atomic E-state index is 0. The second-order valence-electron chi connectivity index (χ2n) is 8.11. The summed E-state index contributed by atoms with van der Waals surface area (Å²) >= 11 is 0. The third-order valence-electron chi connectivity index (χ3n) is 6.24. The van der Waals surface area contributed by atoms with Crippen LogP contribution in [-0.4, -0.2) is 42.6 Å². The number of anilines is 1. The van der Waals surface area contributed by atoms with Crippen molar-refractivity contribution in [3.63, 3.8) is 0 Å². The number of aryl methyl sites for hydroxylation is 1. The molecule has 1 aliphatic rings. The van der Waals surface area contributed by atoms with E-state index >= 15 is 0 Å². The van der Waals surface area contributed by atoms with Crippen molar-refractivity contribution < 1.29 is 4.42 Å². The molecule has 168 valence electrons. The Morgan fingerprint density at radius 3 is 2.62 bits per heavy atom. The summed E-state index contributed by atoms with van der Waals surface area (Å²) in [5.74, 6) is 0. The monoisotopic (exact) mass is 470 g/mol. The van der Waals surface area contributed by atoms with Crippen LogP contribution in [0.4, 0.5) is 5.69 Å². The molecule has 0 amide bonds. The molecule has 2 aromatic carbocycles. The molecule has 7 heteroatoms. The number of benzene rings is 2. The summed E-state index contributed by atoms with van der Waals surface area (Å²) in [6.45, 7) is 5.52. The van der Waals surface area contributed by atoms with Crippen molar-refractivity contribution >= 4 is 52.4 Å². The minimum atomic E-state index is 0. The molecule has 0 radical (unpaired) electrons. The van der Waals surface area contributed by atoms with Crippen LogP contribution in [0.3, 0.4) is 0 Å². The number of fused-ring (bicyclic) bond motifs is 2. The number of nitrogens with zero attached hydrogens (tertiary/aromatic N) is 3. The van der Waals surface area contributed by atoms with Crippen molar-refractivity contribution in [2.45, 2.75) is 19.3 Å². The predicted octanol–water partition coefficient (Wildman–Crippen LogP) is 5.77. The summed E-state index contributed by atoms with van der Waals surface area (Å²) in [6, 6.07) is 16.6. The SMILES string of the molecule is Cl.Cl.N#Cc1ccc2[nH]cc(CCCCN3CCN(c4ccc5occc5c4)CC3)c2c1. The number of piperazine rings is 1. The Balaban J connectivity index is 0.00000144. The first-order valence-corrected chi connectivity index (χ1v) is 10.7. The van der Waals surface area contributed by atoms with Gasteiger partial charge >= 0.3 is 0 Å². The molecule has 0 saturated carbocycles. The standard InChI is InChI=1S/C25H26N4O.2ClH/c26-17-19-4-6-24-23(15-19)21(18-27-24)3-1-2-9-28-10-12-29(13-11-28)22-5-7-25-20(16-22)8-14-30-25;;/h4-8,14-16,18,27H,1-3,9-13H2;2*1H. The van der Waals surface area contributed by atoms with Gasteiger partial charge in [0, 0.05) is 54.4 Å². The lowest BCUT2D eigenvalue weighted by Gasteiger charge is -2.36. The van der Waals surface area contributed by atoms with Crippen LogP contribution < -0.4 is 4.90 Å². The maximum Gasteiger partial charge on any atom is 0.133 e. The largest absolute Gasteiger partial charge is 0.464 e. The topological polar surface area (TPSA) is 59.2 Å². The molecule has 5 rings (SSSR count). The van der Waals surface area contributed by atoms with Crippen molar-refractivity contribution in [1.82, 2.24) is 9.88 Å². The Kier molecular flexibility index (Phi) is 8.09. The van der Waals surface area contributed by atoms with E-state index in [4.69, 9.17) is 9.68 Å². The lowest BCUT2D eigenvalue weighted by Crippen LogP contribution is -2.46. The van der Waals surface area contributed by atoms with E-state index in [0.717, 1.165) is 55.8 Å². The van der Waals surface area contributed by atoms with E-state index in [9.17, 15) is 0 Å². The van der Waals surface area contributed by atoms with E-state index in [1.807, 2.05) is 24.3 Å². The highest BCUT2D eigenvalue weighted by Gasteiger charge is 2.17. The quantitative estimate of drug-likeness (QED) is 0.363. The normalized spacial score (nSPS) is 14.2. The van der Waals surface area contributed by atoms with Gasteiger partial charge in [-0.3, -0.25) is 4.90 Å². The van der Waals surface area contributed by atoms with Gasteiger partial charge in [-0.2, -0.15) is 5.26 Å². The van der Waals surface area contributed by atoms with Gasteiger partial charge in [-0.05, 0) is 73.8 Å². The van der Waals surface area contributed by atoms with Crippen LogP contribution in [0.1, 0.15) is 24.0 Å². The molecule has 0 aliphatic carbocycles. The molecule has 0 spiro atoms. The predicted molar refractivity (Wildman–Crippen MR) is 135 cm³/mol. The lowest BCUT2D eigenvalue weighted by molar-refractivity contribution is 0.253. The fourth-order valence-electron chi connectivity index (χ4n) is 4.49. The molecular formula is C25H28Cl2N4O. The molecule has 3 heterocycles. The Hall–Kier alpha value is -2.65. The van der Waals surface area contributed by atoms with Crippen LogP contribution in [-0.2, 0) is 6.42 Å². The molecule has 0 atom stereocenters. The van der Waals surface area contributed by atoms with Gasteiger partial charge in [0.2, 0.25) is 0 Å². The molecule has 2 aromatic heterocycles. The number of aromatic amines is 1. The maximum atomic E-state index is 9.14. The number of unbranched alkanes of at least 4 members (excludes halogenated alkanes) is 1. The van der Waals surface area contributed by atoms with E-state index in [0.29, 0.717) is 0 Å². The summed E-state index contributed by atoms with van der Waals surface area (Å²) in [5.41, 5.74) is 5.42. The van der Waals surface area contributed by atoms with Crippen molar-refractivity contribution in [1.29, 1.82) is 5.26 Å². The first-order chi connectivity index (χ1) is 14.8. The Labute approximate surface area is 200 Å². The average Bonchev–Trinajstić information content (AvgIpc) is 3.43. The van der Waals surface area contributed by atoms with Crippen LogP contribution in [0.5, 0.6) is 0 Å². The molecule has 1 saturated heterocycles. The second-order valence-corrected chi connectivity index (χ2v) is 8.11. The maximum absolute atomic E-state index is 9.14. The van der Waals surface area contributed by atoms with Crippen molar-refractivity contribution in [3.05, 3.63) is 66.1 Å². The summed E-state index contributed by atoms with van der Waals surface area (Å²) in [4.78, 5) is 8.38. The molecular weight excluding hydrogens is 443 g/mol. The van der Waals surface area contributed by atoms with Crippen LogP contribution in [0.25, 0.3) is 21.9 Å². The van der Waals surface area contributed by atoms with E-state index < -0.39 is 0 Å². The first-order valence-electron chi connectivity index (χ1n) is 10.7. The molecule has 0 bridgehead atoms. The highest BCUT2D eigenvalue weighted by atomic mass is 35.5.